The van der Waals surface area contributed by atoms with Crippen molar-refractivity contribution in [2.24, 2.45) is 5.10 Å². The summed E-state index contributed by atoms with van der Waals surface area (Å²) in [6, 6.07) is 13.7. The van der Waals surface area contributed by atoms with Crippen LogP contribution in [0.25, 0.3) is 0 Å². The first-order chi connectivity index (χ1) is 16.3. The molecule has 0 radical (unpaired) electrons. The van der Waals surface area contributed by atoms with Crippen molar-refractivity contribution in [3.63, 3.8) is 0 Å². The molecule has 0 unspecified atom stereocenters. The predicted octanol–water partition coefficient (Wildman–Crippen LogP) is 2.01. The lowest BCUT2D eigenvalue weighted by molar-refractivity contribution is -0.130. The maximum Gasteiger partial charge on any atom is 0.331 e. The molecule has 34 heavy (non-hydrogen) atoms. The van der Waals surface area contributed by atoms with Crippen LogP contribution >= 0.6 is 0 Å². The molecule has 0 fully saturated rings. The number of nitrogens with zero attached hydrogens (tertiary/aromatic N) is 3. The van der Waals surface area contributed by atoms with Crippen molar-refractivity contribution >= 4 is 11.6 Å². The van der Waals surface area contributed by atoms with Crippen molar-refractivity contribution in [1.29, 1.82) is 0 Å². The number of aromatic amines is 1. The zero-order valence-corrected chi connectivity index (χ0v) is 18.9. The molecular formula is C24H24N4O6. The van der Waals surface area contributed by atoms with Crippen LogP contribution in [0.2, 0.25) is 0 Å². The highest BCUT2D eigenvalue weighted by Gasteiger charge is 2.36. The van der Waals surface area contributed by atoms with Gasteiger partial charge in [0.1, 0.15) is 17.1 Å². The Morgan fingerprint density at radius 1 is 1.15 bits per heavy atom. The summed E-state index contributed by atoms with van der Waals surface area (Å²) < 4.78 is 11.8. The van der Waals surface area contributed by atoms with Crippen LogP contribution in [-0.2, 0) is 11.3 Å². The Morgan fingerprint density at radius 2 is 1.88 bits per heavy atom. The van der Waals surface area contributed by atoms with Gasteiger partial charge in [0.25, 0.3) is 5.56 Å². The highest BCUT2D eigenvalue weighted by molar-refractivity contribution is 6.04. The van der Waals surface area contributed by atoms with Crippen LogP contribution in [-0.4, -0.2) is 45.5 Å². The van der Waals surface area contributed by atoms with Gasteiger partial charge >= 0.3 is 5.69 Å². The number of hydrogen-bond donors (Lipinski definition) is 2. The third-order valence-electron chi connectivity index (χ3n) is 5.68. The lowest BCUT2D eigenvalue weighted by atomic mass is 9.98. The summed E-state index contributed by atoms with van der Waals surface area (Å²) in [5, 5.41) is 16.5. The minimum Gasteiger partial charge on any atom is -0.497 e. The minimum atomic E-state index is -0.781. The van der Waals surface area contributed by atoms with Gasteiger partial charge in [-0.05, 0) is 17.7 Å². The van der Waals surface area contributed by atoms with Gasteiger partial charge in [-0.1, -0.05) is 30.3 Å². The van der Waals surface area contributed by atoms with Crippen molar-refractivity contribution in [3.05, 3.63) is 86.1 Å². The molecular weight excluding hydrogens is 440 g/mol. The summed E-state index contributed by atoms with van der Waals surface area (Å²) in [4.78, 5) is 39.8. The number of benzene rings is 2. The van der Waals surface area contributed by atoms with Crippen molar-refractivity contribution in [2.75, 3.05) is 14.2 Å². The number of rotatable bonds is 6. The average molecular weight is 464 g/mol. The summed E-state index contributed by atoms with van der Waals surface area (Å²) in [7, 11) is 3.04. The molecule has 2 aromatic carbocycles. The van der Waals surface area contributed by atoms with Crippen LogP contribution in [0, 0.1) is 0 Å². The van der Waals surface area contributed by atoms with E-state index in [2.05, 4.69) is 10.1 Å². The zero-order chi connectivity index (χ0) is 24.4. The topological polar surface area (TPSA) is 126 Å². The molecule has 1 aromatic heterocycles. The van der Waals surface area contributed by atoms with Gasteiger partial charge in [-0.2, -0.15) is 5.10 Å². The van der Waals surface area contributed by atoms with Crippen LogP contribution in [0.4, 0.5) is 0 Å². The Balaban J connectivity index is 1.78. The molecule has 176 valence electrons. The number of H-pyrrole nitrogens is 1. The molecule has 0 aliphatic carbocycles. The lowest BCUT2D eigenvalue weighted by Gasteiger charge is -2.22. The molecule has 0 spiro atoms. The molecule has 2 heterocycles. The number of nitrogens with one attached hydrogen (secondary N) is 1. The first-order valence-corrected chi connectivity index (χ1v) is 10.5. The molecule has 1 atom stereocenters. The van der Waals surface area contributed by atoms with Gasteiger partial charge in [-0.15, -0.1) is 0 Å². The van der Waals surface area contributed by atoms with E-state index in [1.165, 1.54) is 26.2 Å². The van der Waals surface area contributed by atoms with E-state index in [0.717, 1.165) is 10.1 Å². The smallest absolute Gasteiger partial charge is 0.331 e. The number of carbonyl (C=O) groups excluding carboxylic acids is 1. The fourth-order valence-corrected chi connectivity index (χ4v) is 4.02. The van der Waals surface area contributed by atoms with E-state index >= 15 is 0 Å². The van der Waals surface area contributed by atoms with Crippen molar-refractivity contribution in [2.45, 2.75) is 25.9 Å². The molecule has 0 saturated carbocycles. The summed E-state index contributed by atoms with van der Waals surface area (Å²) in [6.07, 6.45) is 0.127. The molecule has 1 amide bonds. The second-order valence-corrected chi connectivity index (χ2v) is 7.77. The fourth-order valence-electron chi connectivity index (χ4n) is 4.02. The monoisotopic (exact) mass is 464 g/mol. The number of aromatic hydroxyl groups is 1. The fraction of sp³-hybridized carbons (Fsp3) is 0.250. The first-order valence-electron chi connectivity index (χ1n) is 10.5. The molecule has 0 bridgehead atoms. The molecule has 2 N–H and O–H groups in total. The number of hydrogen-bond acceptors (Lipinski definition) is 7. The van der Waals surface area contributed by atoms with E-state index in [1.54, 1.807) is 30.3 Å². The van der Waals surface area contributed by atoms with Gasteiger partial charge in [0.2, 0.25) is 11.8 Å². The number of methoxy groups -OCH3 is 2. The number of carbonyl (C=O) groups is 1. The molecule has 3 aromatic rings. The van der Waals surface area contributed by atoms with Gasteiger partial charge in [0, 0.05) is 25.0 Å². The van der Waals surface area contributed by atoms with Gasteiger partial charge in [0.15, 0.2) is 0 Å². The normalized spacial score (nSPS) is 15.2. The van der Waals surface area contributed by atoms with Crippen molar-refractivity contribution in [3.8, 4) is 17.4 Å². The lowest BCUT2D eigenvalue weighted by Crippen LogP contribution is -2.34. The van der Waals surface area contributed by atoms with Crippen molar-refractivity contribution in [1.82, 2.24) is 14.6 Å². The van der Waals surface area contributed by atoms with E-state index in [1.807, 2.05) is 18.2 Å². The molecule has 1 aliphatic heterocycles. The van der Waals surface area contributed by atoms with Crippen LogP contribution in [0.3, 0.4) is 0 Å². The van der Waals surface area contributed by atoms with E-state index in [0.29, 0.717) is 17.1 Å². The number of amides is 1. The van der Waals surface area contributed by atoms with E-state index < -0.39 is 23.2 Å². The second kappa shape index (κ2) is 9.26. The quantitative estimate of drug-likeness (QED) is 0.575. The van der Waals surface area contributed by atoms with Crippen LogP contribution in [0.5, 0.6) is 17.4 Å². The highest BCUT2D eigenvalue weighted by Crippen LogP contribution is 2.39. The summed E-state index contributed by atoms with van der Waals surface area (Å²) in [6.45, 7) is 1.41. The average Bonchev–Trinajstić information content (AvgIpc) is 3.27. The Labute approximate surface area is 194 Å². The Bertz CT molecular complexity index is 1380. The Morgan fingerprint density at radius 3 is 2.53 bits per heavy atom. The van der Waals surface area contributed by atoms with Gasteiger partial charge in [-0.25, -0.2) is 9.80 Å². The molecule has 10 nitrogen and oxygen atoms in total. The number of aromatic nitrogens is 2. The van der Waals surface area contributed by atoms with Gasteiger partial charge in [-0.3, -0.25) is 19.1 Å². The maximum atomic E-state index is 12.7. The van der Waals surface area contributed by atoms with E-state index in [-0.39, 0.29) is 30.1 Å². The summed E-state index contributed by atoms with van der Waals surface area (Å²) >= 11 is 0. The van der Waals surface area contributed by atoms with Crippen molar-refractivity contribution < 1.29 is 19.4 Å². The summed E-state index contributed by atoms with van der Waals surface area (Å²) in [5.74, 6) is 0.198. The third kappa shape index (κ3) is 4.17. The van der Waals surface area contributed by atoms with E-state index in [9.17, 15) is 19.5 Å². The van der Waals surface area contributed by atoms with Crippen LogP contribution in [0.15, 0.2) is 63.2 Å². The Kier molecular flexibility index (Phi) is 6.22. The highest BCUT2D eigenvalue weighted by atomic mass is 16.5. The molecule has 0 saturated heterocycles. The second-order valence-electron chi connectivity index (χ2n) is 7.77. The summed E-state index contributed by atoms with van der Waals surface area (Å²) in [5.41, 5.74) is -0.0828. The van der Waals surface area contributed by atoms with E-state index in [4.69, 9.17) is 9.47 Å². The largest absolute Gasteiger partial charge is 0.497 e. The number of hydrazone groups is 1. The SMILES string of the molecule is COc1ccc([C@@H]2CC(c3c(O)n(Cc4ccccc4)c(=O)[nH]c3=O)=NN2C(C)=O)c(OC)c1. The molecule has 4 rings (SSSR count). The zero-order valence-electron chi connectivity index (χ0n) is 18.9. The molecule has 1 aliphatic rings. The standard InChI is InChI=1S/C24H24N4O6/c1-14(29)28-19(17-10-9-16(33-2)11-20(17)34-3)12-18(26-28)21-22(30)25-24(32)27(23(21)31)13-15-7-5-4-6-8-15/h4-11,19,31H,12-13H2,1-3H3,(H,25,30,32)/t19-/m0/s1. The Hall–Kier alpha value is -4.34. The number of ether oxygens (including phenoxy) is 2. The molecule has 10 heteroatoms. The van der Waals surface area contributed by atoms with Crippen LogP contribution < -0.4 is 20.7 Å². The third-order valence-corrected chi connectivity index (χ3v) is 5.68. The van der Waals surface area contributed by atoms with Gasteiger partial charge < -0.3 is 14.6 Å². The predicted molar refractivity (Wildman–Crippen MR) is 124 cm³/mol. The first kappa shape index (κ1) is 22.8. The minimum absolute atomic E-state index is 0.0503. The van der Waals surface area contributed by atoms with Gasteiger partial charge in [0.05, 0.1) is 32.5 Å². The van der Waals surface area contributed by atoms with Crippen LogP contribution in [0.1, 0.15) is 36.1 Å². The maximum absolute atomic E-state index is 12.7.